The summed E-state index contributed by atoms with van der Waals surface area (Å²) >= 11 is 0. The predicted octanol–water partition coefficient (Wildman–Crippen LogP) is 3.74. The van der Waals surface area contributed by atoms with Crippen molar-refractivity contribution in [1.29, 1.82) is 0 Å². The highest BCUT2D eigenvalue weighted by Crippen LogP contribution is 2.23. The van der Waals surface area contributed by atoms with E-state index in [-0.39, 0.29) is 5.56 Å². The van der Waals surface area contributed by atoms with Gasteiger partial charge in [-0.3, -0.25) is 0 Å². The molecule has 0 fully saturated rings. The van der Waals surface area contributed by atoms with E-state index in [0.29, 0.717) is 11.3 Å². The quantitative estimate of drug-likeness (QED) is 0.769. The van der Waals surface area contributed by atoms with E-state index in [0.717, 1.165) is 10.9 Å². The third-order valence-corrected chi connectivity index (χ3v) is 3.09. The van der Waals surface area contributed by atoms with Crippen LogP contribution in [0, 0.1) is 5.82 Å². The fourth-order valence-electron chi connectivity index (χ4n) is 2.07. The number of rotatable bonds is 2. The van der Waals surface area contributed by atoms with Gasteiger partial charge in [0.1, 0.15) is 5.82 Å². The molecule has 0 saturated carbocycles. The molecule has 0 atom stereocenters. The van der Waals surface area contributed by atoms with Gasteiger partial charge < -0.3 is 5.11 Å². The van der Waals surface area contributed by atoms with E-state index in [1.165, 1.54) is 12.1 Å². The summed E-state index contributed by atoms with van der Waals surface area (Å²) in [5, 5.41) is 9.81. The Kier molecular flexibility index (Phi) is 2.91. The number of aromatic carboxylic acids is 1. The van der Waals surface area contributed by atoms with Crippen molar-refractivity contribution in [2.45, 2.75) is 0 Å². The zero-order valence-corrected chi connectivity index (χ0v) is 10.4. The van der Waals surface area contributed by atoms with Crippen molar-refractivity contribution in [1.82, 2.24) is 4.98 Å². The Morgan fingerprint density at radius 2 is 1.85 bits per heavy atom. The number of pyridine rings is 1. The van der Waals surface area contributed by atoms with Gasteiger partial charge in [-0.05, 0) is 24.3 Å². The van der Waals surface area contributed by atoms with Crippen LogP contribution in [0.25, 0.3) is 22.2 Å². The molecule has 0 spiro atoms. The maximum Gasteiger partial charge on any atom is 0.338 e. The molecule has 1 N–H and O–H groups in total. The highest BCUT2D eigenvalue weighted by atomic mass is 19.1. The summed E-state index contributed by atoms with van der Waals surface area (Å²) in [5.41, 5.74) is 1.64. The number of carboxylic acid groups (broad SMARTS) is 1. The molecule has 20 heavy (non-hydrogen) atoms. The molecule has 0 radical (unpaired) electrons. The number of aromatic nitrogens is 1. The first-order chi connectivity index (χ1) is 9.65. The third kappa shape index (κ3) is 2.12. The van der Waals surface area contributed by atoms with Crippen LogP contribution in [0.3, 0.4) is 0 Å². The number of carboxylic acids is 1. The molecule has 3 aromatic rings. The monoisotopic (exact) mass is 267 g/mol. The van der Waals surface area contributed by atoms with Crippen molar-refractivity contribution in [3.63, 3.8) is 0 Å². The summed E-state index contributed by atoms with van der Waals surface area (Å²) in [6.07, 6.45) is 0. The van der Waals surface area contributed by atoms with E-state index in [4.69, 9.17) is 5.11 Å². The first-order valence-electron chi connectivity index (χ1n) is 6.04. The molecule has 1 heterocycles. The minimum Gasteiger partial charge on any atom is -0.478 e. The Hall–Kier alpha value is -2.75. The average Bonchev–Trinajstić information content (AvgIpc) is 2.46. The summed E-state index contributed by atoms with van der Waals surface area (Å²) in [5.74, 6) is -2.04. The largest absolute Gasteiger partial charge is 0.478 e. The molecule has 0 aliphatic heterocycles. The van der Waals surface area contributed by atoms with Crippen LogP contribution in [0.5, 0.6) is 0 Å². The van der Waals surface area contributed by atoms with Gasteiger partial charge in [0.2, 0.25) is 0 Å². The van der Waals surface area contributed by atoms with Crippen molar-refractivity contribution < 1.29 is 14.3 Å². The Morgan fingerprint density at radius 1 is 1.05 bits per heavy atom. The van der Waals surface area contributed by atoms with Gasteiger partial charge in [-0.2, -0.15) is 0 Å². The maximum absolute atomic E-state index is 13.7. The molecule has 0 aliphatic rings. The fourth-order valence-corrected chi connectivity index (χ4v) is 2.07. The van der Waals surface area contributed by atoms with Gasteiger partial charge in [0, 0.05) is 10.9 Å². The lowest BCUT2D eigenvalue weighted by molar-refractivity contribution is 0.0692. The zero-order chi connectivity index (χ0) is 14.1. The third-order valence-electron chi connectivity index (χ3n) is 3.09. The van der Waals surface area contributed by atoms with Crippen LogP contribution < -0.4 is 0 Å². The van der Waals surface area contributed by atoms with Crippen LogP contribution in [0.2, 0.25) is 0 Å². The summed E-state index contributed by atoms with van der Waals surface area (Å²) < 4.78 is 13.7. The van der Waals surface area contributed by atoms with Crippen molar-refractivity contribution in [2.75, 3.05) is 0 Å². The van der Waals surface area contributed by atoms with E-state index >= 15 is 0 Å². The normalized spacial score (nSPS) is 10.7. The number of hydrogen-bond donors (Lipinski definition) is 1. The number of para-hydroxylation sites is 1. The number of hydrogen-bond acceptors (Lipinski definition) is 2. The molecular weight excluding hydrogens is 257 g/mol. The molecule has 3 rings (SSSR count). The van der Waals surface area contributed by atoms with Crippen molar-refractivity contribution in [2.24, 2.45) is 0 Å². The van der Waals surface area contributed by atoms with Gasteiger partial charge in [-0.25, -0.2) is 14.2 Å². The van der Waals surface area contributed by atoms with Crippen LogP contribution in [-0.2, 0) is 0 Å². The van der Waals surface area contributed by atoms with E-state index in [9.17, 15) is 9.18 Å². The lowest BCUT2D eigenvalue weighted by Gasteiger charge is -2.05. The van der Waals surface area contributed by atoms with E-state index in [2.05, 4.69) is 4.98 Å². The molecule has 0 amide bonds. The summed E-state index contributed by atoms with van der Waals surface area (Å²) in [4.78, 5) is 15.2. The summed E-state index contributed by atoms with van der Waals surface area (Å²) in [7, 11) is 0. The lowest BCUT2D eigenvalue weighted by atomic mass is 10.1. The molecule has 0 unspecified atom stereocenters. The Labute approximate surface area is 114 Å². The smallest absolute Gasteiger partial charge is 0.338 e. The lowest BCUT2D eigenvalue weighted by Crippen LogP contribution is -2.00. The van der Waals surface area contributed by atoms with Gasteiger partial charge in [-0.1, -0.05) is 30.3 Å². The van der Waals surface area contributed by atoms with Crippen LogP contribution >= 0.6 is 0 Å². The molecule has 1 aromatic heterocycles. The maximum atomic E-state index is 13.7. The molecule has 0 saturated heterocycles. The van der Waals surface area contributed by atoms with E-state index < -0.39 is 11.8 Å². The molecule has 2 aromatic carbocycles. The zero-order valence-electron chi connectivity index (χ0n) is 10.4. The average molecular weight is 267 g/mol. The van der Waals surface area contributed by atoms with Crippen molar-refractivity contribution in [3.8, 4) is 11.3 Å². The summed E-state index contributed by atoms with van der Waals surface area (Å²) in [6.45, 7) is 0. The van der Waals surface area contributed by atoms with Crippen LogP contribution in [0.4, 0.5) is 4.39 Å². The first kappa shape index (κ1) is 12.3. The first-order valence-corrected chi connectivity index (χ1v) is 6.04. The van der Waals surface area contributed by atoms with Crippen molar-refractivity contribution in [3.05, 3.63) is 66.0 Å². The van der Waals surface area contributed by atoms with Gasteiger partial charge in [0.25, 0.3) is 0 Å². The molecule has 98 valence electrons. The van der Waals surface area contributed by atoms with Crippen LogP contribution in [-0.4, -0.2) is 16.1 Å². The van der Waals surface area contributed by atoms with Crippen molar-refractivity contribution >= 4 is 16.9 Å². The highest BCUT2D eigenvalue weighted by Gasteiger charge is 2.11. The second-order valence-electron chi connectivity index (χ2n) is 4.39. The molecule has 0 bridgehead atoms. The molecule has 4 heteroatoms. The number of halogens is 1. The minimum absolute atomic E-state index is 0.338. The number of fused-ring (bicyclic) bond motifs is 1. The van der Waals surface area contributed by atoms with Gasteiger partial charge in [0.15, 0.2) is 0 Å². The summed E-state index contributed by atoms with van der Waals surface area (Å²) in [6, 6.07) is 15.3. The highest BCUT2D eigenvalue weighted by molar-refractivity contribution is 5.89. The van der Waals surface area contributed by atoms with Gasteiger partial charge >= 0.3 is 5.97 Å². The SMILES string of the molecule is O=C(O)c1ccc(-c2ccc3ccccc3n2)cc1F. The predicted molar refractivity (Wildman–Crippen MR) is 74.1 cm³/mol. The molecule has 0 aliphatic carbocycles. The standard InChI is InChI=1S/C16H10FNO2/c17-13-9-11(5-7-12(13)16(19)20)15-8-6-10-3-1-2-4-14(10)18-15/h1-9H,(H,19,20). The second-order valence-corrected chi connectivity index (χ2v) is 4.39. The Balaban J connectivity index is 2.11. The number of benzene rings is 2. The number of nitrogens with zero attached hydrogens (tertiary/aromatic N) is 1. The molecule has 3 nitrogen and oxygen atoms in total. The van der Waals surface area contributed by atoms with Crippen LogP contribution in [0.1, 0.15) is 10.4 Å². The minimum atomic E-state index is -1.28. The van der Waals surface area contributed by atoms with E-state index in [1.807, 2.05) is 30.3 Å². The van der Waals surface area contributed by atoms with E-state index in [1.54, 1.807) is 12.1 Å². The number of carbonyl (C=O) groups is 1. The second kappa shape index (κ2) is 4.74. The van der Waals surface area contributed by atoms with Crippen LogP contribution in [0.15, 0.2) is 54.6 Å². The molecular formula is C16H10FNO2. The topological polar surface area (TPSA) is 50.2 Å². The van der Waals surface area contributed by atoms with Gasteiger partial charge in [0.05, 0.1) is 16.8 Å². The Bertz CT molecular complexity index is 814. The fraction of sp³-hybridized carbons (Fsp3) is 0. The Morgan fingerprint density at radius 3 is 2.60 bits per heavy atom. The van der Waals surface area contributed by atoms with Gasteiger partial charge in [-0.15, -0.1) is 0 Å².